The highest BCUT2D eigenvalue weighted by Gasteiger charge is 2.39. The molecule has 2 aliphatic rings. The zero-order valence-electron chi connectivity index (χ0n) is 14.0. The molecule has 1 aliphatic heterocycles. The number of nitrogens with one attached hydrogen (secondary N) is 2. The van der Waals surface area contributed by atoms with E-state index in [0.29, 0.717) is 5.92 Å². The van der Waals surface area contributed by atoms with Gasteiger partial charge in [-0.1, -0.05) is 0 Å². The molecule has 1 saturated carbocycles. The fraction of sp³-hybridized carbons (Fsp3) is 0.588. The van der Waals surface area contributed by atoms with Gasteiger partial charge < -0.3 is 10.6 Å². The lowest BCUT2D eigenvalue weighted by Gasteiger charge is -2.21. The molecule has 0 radical (unpaired) electrons. The van der Waals surface area contributed by atoms with Crippen molar-refractivity contribution in [1.29, 1.82) is 0 Å². The normalized spacial score (nSPS) is 24.9. The highest BCUT2D eigenvalue weighted by molar-refractivity contribution is 7.11. The van der Waals surface area contributed by atoms with E-state index in [1.807, 2.05) is 25.6 Å². The Morgan fingerprint density at radius 1 is 1.42 bits per heavy atom. The van der Waals surface area contributed by atoms with Gasteiger partial charge in [0.2, 0.25) is 5.91 Å². The lowest BCUT2D eigenvalue weighted by Crippen LogP contribution is -2.37. The van der Waals surface area contributed by atoms with Crippen LogP contribution in [0.2, 0.25) is 0 Å². The molecule has 1 aliphatic carbocycles. The molecule has 6 nitrogen and oxygen atoms in total. The summed E-state index contributed by atoms with van der Waals surface area (Å²) in [4.78, 5) is 18.7. The molecule has 2 aromatic heterocycles. The molecule has 3 heterocycles. The number of amides is 1. The first kappa shape index (κ1) is 15.8. The third-order valence-corrected chi connectivity index (χ3v) is 6.00. The minimum atomic E-state index is -0.0449. The number of nitrogens with zero attached hydrogens (tertiary/aromatic N) is 3. The van der Waals surface area contributed by atoms with Gasteiger partial charge in [-0.25, -0.2) is 4.98 Å². The van der Waals surface area contributed by atoms with Gasteiger partial charge in [0.25, 0.3) is 0 Å². The highest BCUT2D eigenvalue weighted by Crippen LogP contribution is 2.42. The second kappa shape index (κ2) is 6.29. The number of aromatic nitrogens is 3. The Morgan fingerprint density at radius 2 is 2.25 bits per heavy atom. The van der Waals surface area contributed by atoms with E-state index in [2.05, 4.69) is 27.6 Å². The molecule has 0 spiro atoms. The zero-order valence-corrected chi connectivity index (χ0v) is 14.8. The van der Waals surface area contributed by atoms with Crippen LogP contribution in [0.5, 0.6) is 0 Å². The van der Waals surface area contributed by atoms with Gasteiger partial charge in [-0.2, -0.15) is 5.10 Å². The summed E-state index contributed by atoms with van der Waals surface area (Å²) in [5.41, 5.74) is 1.13. The molecule has 7 heteroatoms. The first-order valence-corrected chi connectivity index (χ1v) is 9.35. The van der Waals surface area contributed by atoms with Gasteiger partial charge in [-0.15, -0.1) is 11.3 Å². The van der Waals surface area contributed by atoms with Crippen molar-refractivity contribution in [1.82, 2.24) is 25.4 Å². The van der Waals surface area contributed by atoms with E-state index in [1.165, 1.54) is 17.7 Å². The summed E-state index contributed by atoms with van der Waals surface area (Å²) in [6.45, 7) is 3.61. The van der Waals surface area contributed by atoms with Gasteiger partial charge in [0.15, 0.2) is 0 Å². The lowest BCUT2D eigenvalue weighted by molar-refractivity contribution is -0.125. The van der Waals surface area contributed by atoms with Gasteiger partial charge in [-0.05, 0) is 31.2 Å². The topological polar surface area (TPSA) is 71.8 Å². The predicted octanol–water partition coefficient (Wildman–Crippen LogP) is 1.76. The third-order valence-electron chi connectivity index (χ3n) is 5.00. The minimum absolute atomic E-state index is 0.0449. The summed E-state index contributed by atoms with van der Waals surface area (Å²) < 4.78 is 1.80. The predicted molar refractivity (Wildman–Crippen MR) is 92.8 cm³/mol. The Morgan fingerprint density at radius 3 is 2.88 bits per heavy atom. The van der Waals surface area contributed by atoms with E-state index in [4.69, 9.17) is 0 Å². The molecule has 4 rings (SSSR count). The van der Waals surface area contributed by atoms with E-state index in [-0.39, 0.29) is 23.8 Å². The molecular weight excluding hydrogens is 322 g/mol. The second-order valence-corrected chi connectivity index (χ2v) is 8.22. The van der Waals surface area contributed by atoms with Crippen LogP contribution in [0, 0.1) is 18.8 Å². The van der Waals surface area contributed by atoms with Crippen molar-refractivity contribution in [2.45, 2.75) is 31.7 Å². The van der Waals surface area contributed by atoms with E-state index >= 15 is 0 Å². The van der Waals surface area contributed by atoms with Crippen LogP contribution >= 0.6 is 11.3 Å². The van der Waals surface area contributed by atoms with Crippen LogP contribution in [0.25, 0.3) is 0 Å². The summed E-state index contributed by atoms with van der Waals surface area (Å²) in [5, 5.41) is 12.0. The van der Waals surface area contributed by atoms with Crippen molar-refractivity contribution in [2.75, 3.05) is 13.1 Å². The maximum Gasteiger partial charge on any atom is 0.225 e. The number of hydrogen-bond acceptors (Lipinski definition) is 5. The molecule has 1 amide bonds. The molecule has 2 aromatic rings. The average molecular weight is 345 g/mol. The largest absolute Gasteiger partial charge is 0.346 e. The first-order valence-electron chi connectivity index (χ1n) is 8.54. The minimum Gasteiger partial charge on any atom is -0.346 e. The second-order valence-electron chi connectivity index (χ2n) is 6.95. The van der Waals surface area contributed by atoms with Crippen LogP contribution in [0.3, 0.4) is 0 Å². The fourth-order valence-electron chi connectivity index (χ4n) is 3.52. The van der Waals surface area contributed by atoms with Crippen molar-refractivity contribution in [2.24, 2.45) is 18.9 Å². The number of carbonyl (C=O) groups excluding carboxylic acids is 1. The maximum atomic E-state index is 13.0. The molecule has 128 valence electrons. The average Bonchev–Trinajstić information content (AvgIpc) is 2.95. The maximum absolute atomic E-state index is 13.0. The fourth-order valence-corrected chi connectivity index (χ4v) is 4.44. The number of thiazole rings is 1. The zero-order chi connectivity index (χ0) is 16.7. The molecular formula is C17H23N5OS. The molecule has 3 atom stereocenters. The van der Waals surface area contributed by atoms with Gasteiger partial charge in [0.1, 0.15) is 5.01 Å². The van der Waals surface area contributed by atoms with Gasteiger partial charge in [0.05, 0.1) is 18.2 Å². The van der Waals surface area contributed by atoms with Crippen LogP contribution in [0.15, 0.2) is 18.6 Å². The summed E-state index contributed by atoms with van der Waals surface area (Å²) >= 11 is 1.69. The van der Waals surface area contributed by atoms with E-state index in [0.717, 1.165) is 23.7 Å². The third kappa shape index (κ3) is 3.10. The van der Waals surface area contributed by atoms with E-state index < -0.39 is 0 Å². The molecule has 1 saturated heterocycles. The van der Waals surface area contributed by atoms with Crippen LogP contribution in [0.4, 0.5) is 0 Å². The number of aryl methyl sites for hydroxylation is 2. The molecule has 24 heavy (non-hydrogen) atoms. The number of hydrogen-bond donors (Lipinski definition) is 2. The summed E-state index contributed by atoms with van der Waals surface area (Å²) in [6.07, 6.45) is 8.15. The number of rotatable bonds is 5. The van der Waals surface area contributed by atoms with Crippen molar-refractivity contribution < 1.29 is 4.79 Å². The first-order chi connectivity index (χ1) is 11.6. The summed E-state index contributed by atoms with van der Waals surface area (Å²) in [5.74, 6) is 0.831. The van der Waals surface area contributed by atoms with Crippen LogP contribution in [-0.4, -0.2) is 33.8 Å². The van der Waals surface area contributed by atoms with Crippen molar-refractivity contribution in [3.63, 3.8) is 0 Å². The summed E-state index contributed by atoms with van der Waals surface area (Å²) in [7, 11) is 1.91. The van der Waals surface area contributed by atoms with E-state index in [9.17, 15) is 4.79 Å². The van der Waals surface area contributed by atoms with Crippen molar-refractivity contribution in [3.05, 3.63) is 34.0 Å². The molecule has 2 fully saturated rings. The Balaban J connectivity index is 1.49. The van der Waals surface area contributed by atoms with Crippen LogP contribution in [0.1, 0.15) is 40.2 Å². The monoisotopic (exact) mass is 345 g/mol. The van der Waals surface area contributed by atoms with E-state index in [1.54, 1.807) is 16.0 Å². The summed E-state index contributed by atoms with van der Waals surface area (Å²) in [6, 6.07) is 0.0753. The molecule has 0 aromatic carbocycles. The van der Waals surface area contributed by atoms with Gasteiger partial charge in [0, 0.05) is 43.3 Å². The SMILES string of the molecule is Cc1cnc(C(NC(=O)[C@H]2CNC[C@@H]2c2cnn(C)c2)C2CC2)s1. The van der Waals surface area contributed by atoms with Crippen LogP contribution < -0.4 is 10.6 Å². The Bertz CT molecular complexity index is 735. The number of carbonyl (C=O) groups is 1. The smallest absolute Gasteiger partial charge is 0.225 e. The molecule has 0 bridgehead atoms. The van der Waals surface area contributed by atoms with Crippen LogP contribution in [-0.2, 0) is 11.8 Å². The quantitative estimate of drug-likeness (QED) is 0.866. The Kier molecular flexibility index (Phi) is 4.14. The van der Waals surface area contributed by atoms with Gasteiger partial charge >= 0.3 is 0 Å². The standard InChI is InChI=1S/C17H23N5OS/c1-10-5-19-17(24-10)15(11-3-4-11)21-16(23)14-8-18-7-13(14)12-6-20-22(2)9-12/h5-6,9,11,13-15,18H,3-4,7-8H2,1-2H3,(H,21,23)/t13-,14+,15?/m1/s1. The Hall–Kier alpha value is -1.73. The van der Waals surface area contributed by atoms with Gasteiger partial charge in [-0.3, -0.25) is 9.48 Å². The van der Waals surface area contributed by atoms with Crippen molar-refractivity contribution >= 4 is 17.2 Å². The lowest BCUT2D eigenvalue weighted by atomic mass is 9.90. The molecule has 2 N–H and O–H groups in total. The van der Waals surface area contributed by atoms with Crippen molar-refractivity contribution in [3.8, 4) is 0 Å². The molecule has 1 unspecified atom stereocenters. The highest BCUT2D eigenvalue weighted by atomic mass is 32.1. The Labute approximate surface area is 145 Å².